The normalized spacial score (nSPS) is 14.6. The lowest BCUT2D eigenvalue weighted by atomic mass is 10.0. The number of nitro benzene ring substituents is 1. The van der Waals surface area contributed by atoms with Gasteiger partial charge in [0.15, 0.2) is 0 Å². The van der Waals surface area contributed by atoms with Gasteiger partial charge in [-0.25, -0.2) is 0 Å². The van der Waals surface area contributed by atoms with E-state index in [4.69, 9.17) is 4.74 Å². The molecule has 0 radical (unpaired) electrons. The van der Waals surface area contributed by atoms with Gasteiger partial charge in [-0.2, -0.15) is 0 Å². The van der Waals surface area contributed by atoms with Crippen LogP contribution in [-0.2, 0) is 9.59 Å². The monoisotopic (exact) mass is 460 g/mol. The first-order valence-corrected chi connectivity index (χ1v) is 10.3. The number of carbonyl (C=O) groups excluding carboxylic acids is 3. The Bertz CT molecular complexity index is 1270. The van der Waals surface area contributed by atoms with Crippen molar-refractivity contribution in [2.45, 2.75) is 12.5 Å². The summed E-state index contributed by atoms with van der Waals surface area (Å²) < 4.78 is 5.10. The van der Waals surface area contributed by atoms with Crippen LogP contribution in [0.25, 0.3) is 0 Å². The highest BCUT2D eigenvalue weighted by molar-refractivity contribution is 6.18. The molecule has 3 amide bonds. The molecule has 34 heavy (non-hydrogen) atoms. The van der Waals surface area contributed by atoms with Crippen LogP contribution >= 0.6 is 0 Å². The van der Waals surface area contributed by atoms with Crippen LogP contribution in [0.2, 0.25) is 0 Å². The third-order valence-corrected chi connectivity index (χ3v) is 5.31. The first kappa shape index (κ1) is 22.5. The quantitative estimate of drug-likeness (QED) is 0.427. The van der Waals surface area contributed by atoms with E-state index in [-0.39, 0.29) is 17.7 Å². The maximum absolute atomic E-state index is 13.5. The SMILES string of the molecule is COc1ccc(NC(=O)C[C@@H]2C(=O)Nc3ccccc3N2C(=O)c2cccc([N+](=O)[O-])c2)cc1. The molecule has 1 atom stereocenters. The highest BCUT2D eigenvalue weighted by Crippen LogP contribution is 2.34. The third-order valence-electron chi connectivity index (χ3n) is 5.31. The summed E-state index contributed by atoms with van der Waals surface area (Å²) in [6, 6.07) is 17.4. The number of hydrogen-bond donors (Lipinski definition) is 2. The van der Waals surface area contributed by atoms with E-state index >= 15 is 0 Å². The number of fused-ring (bicyclic) bond motifs is 1. The fourth-order valence-electron chi connectivity index (χ4n) is 3.68. The Morgan fingerprint density at radius 2 is 1.82 bits per heavy atom. The third kappa shape index (κ3) is 4.56. The summed E-state index contributed by atoms with van der Waals surface area (Å²) in [6.07, 6.45) is -0.327. The Morgan fingerprint density at radius 1 is 1.09 bits per heavy atom. The molecule has 1 aliphatic rings. The minimum Gasteiger partial charge on any atom is -0.497 e. The number of benzene rings is 3. The van der Waals surface area contributed by atoms with E-state index in [0.29, 0.717) is 22.8 Å². The van der Waals surface area contributed by atoms with Gasteiger partial charge in [0.2, 0.25) is 11.8 Å². The summed E-state index contributed by atoms with van der Waals surface area (Å²) in [6.45, 7) is 0. The lowest BCUT2D eigenvalue weighted by Crippen LogP contribution is -2.52. The summed E-state index contributed by atoms with van der Waals surface area (Å²) in [4.78, 5) is 51.0. The number of amides is 3. The summed E-state index contributed by atoms with van der Waals surface area (Å²) >= 11 is 0. The number of nitro groups is 1. The Morgan fingerprint density at radius 3 is 2.53 bits per heavy atom. The maximum Gasteiger partial charge on any atom is 0.270 e. The molecule has 0 aliphatic carbocycles. The van der Waals surface area contributed by atoms with Crippen molar-refractivity contribution < 1.29 is 24.0 Å². The summed E-state index contributed by atoms with van der Waals surface area (Å²) in [5.41, 5.74) is 1.06. The summed E-state index contributed by atoms with van der Waals surface area (Å²) in [5.74, 6) is -1.04. The molecule has 3 aromatic carbocycles. The topological polar surface area (TPSA) is 131 Å². The van der Waals surface area contributed by atoms with Crippen molar-refractivity contribution in [3.8, 4) is 5.75 Å². The van der Waals surface area contributed by atoms with Crippen LogP contribution in [0.4, 0.5) is 22.7 Å². The number of nitrogens with one attached hydrogen (secondary N) is 2. The van der Waals surface area contributed by atoms with Gasteiger partial charge < -0.3 is 15.4 Å². The molecule has 0 saturated carbocycles. The first-order chi connectivity index (χ1) is 16.4. The molecule has 4 rings (SSSR count). The maximum atomic E-state index is 13.5. The van der Waals surface area contributed by atoms with E-state index in [9.17, 15) is 24.5 Å². The second-order valence-corrected chi connectivity index (χ2v) is 7.49. The van der Waals surface area contributed by atoms with Gasteiger partial charge in [0, 0.05) is 23.4 Å². The highest BCUT2D eigenvalue weighted by Gasteiger charge is 2.38. The van der Waals surface area contributed by atoms with Crippen LogP contribution < -0.4 is 20.3 Å². The van der Waals surface area contributed by atoms with Crippen LogP contribution in [-0.4, -0.2) is 35.8 Å². The smallest absolute Gasteiger partial charge is 0.270 e. The van der Waals surface area contributed by atoms with Gasteiger partial charge in [0.1, 0.15) is 11.8 Å². The molecule has 1 aliphatic heterocycles. The van der Waals surface area contributed by atoms with E-state index in [1.165, 1.54) is 30.2 Å². The predicted octanol–water partition coefficient (Wildman–Crippen LogP) is 3.60. The number of para-hydroxylation sites is 2. The average Bonchev–Trinajstić information content (AvgIpc) is 2.84. The molecule has 0 aromatic heterocycles. The molecule has 3 aromatic rings. The van der Waals surface area contributed by atoms with Gasteiger partial charge in [-0.05, 0) is 42.5 Å². The fraction of sp³-hybridized carbons (Fsp3) is 0.125. The van der Waals surface area contributed by atoms with E-state index in [1.54, 1.807) is 48.5 Å². The number of nitrogens with zero attached hydrogens (tertiary/aromatic N) is 2. The van der Waals surface area contributed by atoms with Gasteiger partial charge in [-0.1, -0.05) is 18.2 Å². The molecular formula is C24H20N4O6. The van der Waals surface area contributed by atoms with Crippen molar-refractivity contribution in [1.82, 2.24) is 0 Å². The van der Waals surface area contributed by atoms with Crippen molar-refractivity contribution in [2.75, 3.05) is 22.6 Å². The average molecular weight is 460 g/mol. The van der Waals surface area contributed by atoms with Crippen molar-refractivity contribution in [2.24, 2.45) is 0 Å². The zero-order chi connectivity index (χ0) is 24.2. The van der Waals surface area contributed by atoms with Gasteiger partial charge in [-0.3, -0.25) is 29.4 Å². The van der Waals surface area contributed by atoms with Gasteiger partial charge in [0.05, 0.1) is 29.8 Å². The van der Waals surface area contributed by atoms with Crippen molar-refractivity contribution in [3.63, 3.8) is 0 Å². The lowest BCUT2D eigenvalue weighted by molar-refractivity contribution is -0.384. The molecule has 10 nitrogen and oxygen atoms in total. The van der Waals surface area contributed by atoms with Crippen LogP contribution in [0.5, 0.6) is 5.75 Å². The zero-order valence-electron chi connectivity index (χ0n) is 18.1. The lowest BCUT2D eigenvalue weighted by Gasteiger charge is -2.36. The van der Waals surface area contributed by atoms with Gasteiger partial charge in [0.25, 0.3) is 11.6 Å². The van der Waals surface area contributed by atoms with Gasteiger partial charge >= 0.3 is 0 Å². The Balaban J connectivity index is 1.65. The Kier molecular flexibility index (Phi) is 6.22. The minimum atomic E-state index is -1.17. The van der Waals surface area contributed by atoms with Crippen LogP contribution in [0, 0.1) is 10.1 Å². The van der Waals surface area contributed by atoms with Crippen molar-refractivity contribution in [1.29, 1.82) is 0 Å². The standard InChI is InChI=1S/C24H20N4O6/c1-34-18-11-9-16(10-12-18)25-22(29)14-21-23(30)26-19-7-2-3-8-20(19)27(21)24(31)15-5-4-6-17(13-15)28(32)33/h2-13,21H,14H2,1H3,(H,25,29)(H,26,30)/t21-/m1/s1. The first-order valence-electron chi connectivity index (χ1n) is 10.3. The fourth-order valence-corrected chi connectivity index (χ4v) is 3.68. The van der Waals surface area contributed by atoms with Crippen molar-refractivity contribution >= 4 is 40.5 Å². The summed E-state index contributed by atoms with van der Waals surface area (Å²) in [7, 11) is 1.53. The second-order valence-electron chi connectivity index (χ2n) is 7.49. The molecule has 2 N–H and O–H groups in total. The number of non-ortho nitro benzene ring substituents is 1. The number of anilines is 3. The van der Waals surface area contributed by atoms with E-state index in [2.05, 4.69) is 10.6 Å². The molecule has 0 unspecified atom stereocenters. The number of rotatable bonds is 6. The van der Waals surface area contributed by atoms with Crippen molar-refractivity contribution in [3.05, 3.63) is 88.5 Å². The van der Waals surface area contributed by atoms with Crippen LogP contribution in [0.1, 0.15) is 16.8 Å². The highest BCUT2D eigenvalue weighted by atomic mass is 16.6. The Hall–Kier alpha value is -4.73. The molecule has 0 saturated heterocycles. The van der Waals surface area contributed by atoms with Gasteiger partial charge in [-0.15, -0.1) is 0 Å². The molecule has 0 spiro atoms. The number of ether oxygens (including phenoxy) is 1. The summed E-state index contributed by atoms with van der Waals surface area (Å²) in [5, 5.41) is 16.6. The molecule has 1 heterocycles. The molecular weight excluding hydrogens is 440 g/mol. The van der Waals surface area contributed by atoms with E-state index < -0.39 is 28.7 Å². The zero-order valence-corrected chi connectivity index (χ0v) is 18.1. The predicted molar refractivity (Wildman–Crippen MR) is 125 cm³/mol. The molecule has 10 heteroatoms. The molecule has 0 bridgehead atoms. The number of methoxy groups -OCH3 is 1. The Labute approximate surface area is 194 Å². The largest absolute Gasteiger partial charge is 0.497 e. The molecule has 172 valence electrons. The van der Waals surface area contributed by atoms with Crippen LogP contribution in [0.3, 0.4) is 0 Å². The minimum absolute atomic E-state index is 0.0271. The number of carbonyl (C=O) groups is 3. The second kappa shape index (κ2) is 9.41. The molecule has 0 fully saturated rings. The van der Waals surface area contributed by atoms with E-state index in [1.807, 2.05) is 0 Å². The number of hydrogen-bond acceptors (Lipinski definition) is 6. The van der Waals surface area contributed by atoms with E-state index in [0.717, 1.165) is 6.07 Å². The van der Waals surface area contributed by atoms with Crippen LogP contribution in [0.15, 0.2) is 72.8 Å².